The second kappa shape index (κ2) is 8.16. The number of amides is 1. The van der Waals surface area contributed by atoms with Gasteiger partial charge in [-0.05, 0) is 51.4 Å². The molecular formula is C17H27N3O3S2. The van der Waals surface area contributed by atoms with Crippen molar-refractivity contribution in [2.24, 2.45) is 0 Å². The fourth-order valence-corrected chi connectivity index (χ4v) is 5.56. The van der Waals surface area contributed by atoms with E-state index in [9.17, 15) is 13.2 Å². The van der Waals surface area contributed by atoms with Gasteiger partial charge in [0.15, 0.2) is 0 Å². The second-order valence-corrected chi connectivity index (χ2v) is 9.98. The molecule has 1 aromatic heterocycles. The number of likely N-dealkylation sites (tertiary alicyclic amines) is 1. The van der Waals surface area contributed by atoms with Gasteiger partial charge in [0, 0.05) is 23.5 Å². The Bertz CT molecular complexity index is 696. The topological polar surface area (TPSA) is 78.5 Å². The number of nitrogens with one attached hydrogen (secondary N) is 2. The van der Waals surface area contributed by atoms with Gasteiger partial charge in [0.2, 0.25) is 10.0 Å². The first kappa shape index (κ1) is 18.8. The average molecular weight is 386 g/mol. The highest BCUT2D eigenvalue weighted by Gasteiger charge is 2.34. The summed E-state index contributed by atoms with van der Waals surface area (Å²) in [6.45, 7) is 1.28. The monoisotopic (exact) mass is 385 g/mol. The number of carbonyl (C=O) groups is 1. The summed E-state index contributed by atoms with van der Waals surface area (Å²) in [6, 6.07) is 5.09. The zero-order valence-electron chi connectivity index (χ0n) is 14.7. The van der Waals surface area contributed by atoms with Gasteiger partial charge in [-0.3, -0.25) is 9.69 Å². The lowest BCUT2D eigenvalue weighted by Gasteiger charge is -2.29. The van der Waals surface area contributed by atoms with Crippen molar-refractivity contribution < 1.29 is 13.2 Å². The molecular weight excluding hydrogens is 358 g/mol. The standard InChI is InChI=1S/C17H27N3O3S2/c1-18-25(22,23)12-10-19-17(21)16-9-8-15(24-16)14-7-4-11-20(14)13-5-2-3-6-13/h8-9,13-14,18H,2-7,10-12H2,1H3,(H,19,21). The molecule has 0 spiro atoms. The summed E-state index contributed by atoms with van der Waals surface area (Å²) < 4.78 is 25.0. The third-order valence-electron chi connectivity index (χ3n) is 5.23. The minimum Gasteiger partial charge on any atom is -0.350 e. The Hall–Kier alpha value is -0.960. The molecule has 8 heteroatoms. The third kappa shape index (κ3) is 4.61. The van der Waals surface area contributed by atoms with E-state index in [1.807, 2.05) is 6.07 Å². The molecule has 2 heterocycles. The van der Waals surface area contributed by atoms with Crippen LogP contribution in [0.3, 0.4) is 0 Å². The lowest BCUT2D eigenvalue weighted by molar-refractivity contribution is 0.0960. The van der Waals surface area contributed by atoms with E-state index < -0.39 is 10.0 Å². The Balaban J connectivity index is 1.58. The van der Waals surface area contributed by atoms with Crippen LogP contribution in [0.4, 0.5) is 0 Å². The first-order chi connectivity index (χ1) is 12.0. The molecule has 1 unspecified atom stereocenters. The Labute approximate surface area is 154 Å². The van der Waals surface area contributed by atoms with Crippen molar-refractivity contribution in [2.45, 2.75) is 50.6 Å². The Morgan fingerprint density at radius 1 is 1.24 bits per heavy atom. The van der Waals surface area contributed by atoms with Crippen molar-refractivity contribution >= 4 is 27.3 Å². The normalized spacial score (nSPS) is 22.5. The predicted molar refractivity (Wildman–Crippen MR) is 100 cm³/mol. The Morgan fingerprint density at radius 2 is 2.00 bits per heavy atom. The van der Waals surface area contributed by atoms with Gasteiger partial charge in [-0.15, -0.1) is 11.3 Å². The molecule has 1 saturated heterocycles. The number of thiophene rings is 1. The van der Waals surface area contributed by atoms with Crippen LogP contribution in [0.25, 0.3) is 0 Å². The molecule has 2 fully saturated rings. The van der Waals surface area contributed by atoms with Gasteiger partial charge in [0.1, 0.15) is 0 Å². The summed E-state index contributed by atoms with van der Waals surface area (Å²) in [5, 5.41) is 2.70. The summed E-state index contributed by atoms with van der Waals surface area (Å²) in [5.74, 6) is -0.293. The highest BCUT2D eigenvalue weighted by atomic mass is 32.2. The quantitative estimate of drug-likeness (QED) is 0.753. The molecule has 0 bridgehead atoms. The summed E-state index contributed by atoms with van der Waals surface area (Å²) in [6.07, 6.45) is 7.66. The summed E-state index contributed by atoms with van der Waals surface area (Å²) in [4.78, 5) is 16.8. The number of sulfonamides is 1. The van der Waals surface area contributed by atoms with E-state index in [4.69, 9.17) is 0 Å². The molecule has 1 aromatic rings. The molecule has 1 amide bonds. The summed E-state index contributed by atoms with van der Waals surface area (Å²) in [7, 11) is -1.91. The van der Waals surface area contributed by atoms with Crippen LogP contribution in [-0.2, 0) is 10.0 Å². The van der Waals surface area contributed by atoms with E-state index in [2.05, 4.69) is 21.0 Å². The van der Waals surface area contributed by atoms with E-state index in [1.54, 1.807) is 11.3 Å². The number of hydrogen-bond acceptors (Lipinski definition) is 5. The lowest BCUT2D eigenvalue weighted by atomic mass is 10.1. The van der Waals surface area contributed by atoms with Gasteiger partial charge in [0.25, 0.3) is 5.91 Å². The van der Waals surface area contributed by atoms with E-state index in [1.165, 1.54) is 50.4 Å². The van der Waals surface area contributed by atoms with Gasteiger partial charge in [-0.25, -0.2) is 13.1 Å². The number of hydrogen-bond donors (Lipinski definition) is 2. The fraction of sp³-hybridized carbons (Fsp3) is 0.706. The van der Waals surface area contributed by atoms with Crippen molar-refractivity contribution in [1.82, 2.24) is 14.9 Å². The highest BCUT2D eigenvalue weighted by molar-refractivity contribution is 7.89. The summed E-state index contributed by atoms with van der Waals surface area (Å²) >= 11 is 1.55. The van der Waals surface area contributed by atoms with Crippen molar-refractivity contribution in [3.63, 3.8) is 0 Å². The van der Waals surface area contributed by atoms with Crippen LogP contribution < -0.4 is 10.0 Å². The van der Waals surface area contributed by atoms with E-state index >= 15 is 0 Å². The zero-order valence-corrected chi connectivity index (χ0v) is 16.3. The molecule has 1 saturated carbocycles. The molecule has 2 N–H and O–H groups in total. The number of nitrogens with zero attached hydrogens (tertiary/aromatic N) is 1. The molecule has 2 aliphatic rings. The third-order valence-corrected chi connectivity index (χ3v) is 7.78. The van der Waals surface area contributed by atoms with Crippen LogP contribution in [-0.4, -0.2) is 51.2 Å². The van der Waals surface area contributed by atoms with Gasteiger partial charge >= 0.3 is 0 Å². The van der Waals surface area contributed by atoms with Gasteiger partial charge in [-0.1, -0.05) is 12.8 Å². The van der Waals surface area contributed by atoms with Crippen LogP contribution in [0.2, 0.25) is 0 Å². The van der Waals surface area contributed by atoms with Crippen molar-refractivity contribution in [1.29, 1.82) is 0 Å². The molecule has 1 atom stereocenters. The average Bonchev–Trinajstić information content (AvgIpc) is 3.32. The largest absolute Gasteiger partial charge is 0.350 e. The Kier molecular flexibility index (Phi) is 6.14. The highest BCUT2D eigenvalue weighted by Crippen LogP contribution is 2.40. The van der Waals surface area contributed by atoms with Crippen LogP contribution in [0.1, 0.15) is 59.1 Å². The van der Waals surface area contributed by atoms with Gasteiger partial charge < -0.3 is 5.32 Å². The lowest BCUT2D eigenvalue weighted by Crippen LogP contribution is -2.32. The van der Waals surface area contributed by atoms with E-state index in [0.29, 0.717) is 17.0 Å². The van der Waals surface area contributed by atoms with Crippen LogP contribution in [0.5, 0.6) is 0 Å². The maximum atomic E-state index is 12.3. The molecule has 3 rings (SSSR count). The van der Waals surface area contributed by atoms with E-state index in [0.717, 1.165) is 6.54 Å². The smallest absolute Gasteiger partial charge is 0.261 e. The zero-order chi connectivity index (χ0) is 17.9. The van der Waals surface area contributed by atoms with E-state index in [-0.39, 0.29) is 18.2 Å². The Morgan fingerprint density at radius 3 is 2.72 bits per heavy atom. The molecule has 25 heavy (non-hydrogen) atoms. The minimum absolute atomic E-state index is 0.106. The molecule has 0 radical (unpaired) electrons. The maximum Gasteiger partial charge on any atom is 0.261 e. The SMILES string of the molecule is CNS(=O)(=O)CCNC(=O)c1ccc(C2CCCN2C2CCCC2)s1. The van der Waals surface area contributed by atoms with Crippen LogP contribution in [0.15, 0.2) is 12.1 Å². The predicted octanol–water partition coefficient (Wildman–Crippen LogP) is 2.11. The molecule has 6 nitrogen and oxygen atoms in total. The molecule has 0 aromatic carbocycles. The number of carbonyl (C=O) groups excluding carboxylic acids is 1. The first-order valence-electron chi connectivity index (χ1n) is 9.05. The van der Waals surface area contributed by atoms with Crippen LogP contribution in [0, 0.1) is 0 Å². The molecule has 140 valence electrons. The van der Waals surface area contributed by atoms with Crippen LogP contribution >= 0.6 is 11.3 Å². The number of rotatable bonds is 7. The molecule has 1 aliphatic carbocycles. The molecule has 1 aliphatic heterocycles. The van der Waals surface area contributed by atoms with Crippen molar-refractivity contribution in [3.05, 3.63) is 21.9 Å². The van der Waals surface area contributed by atoms with Crippen molar-refractivity contribution in [3.8, 4) is 0 Å². The fourth-order valence-electron chi connectivity index (χ4n) is 3.91. The minimum atomic E-state index is -3.29. The second-order valence-electron chi connectivity index (χ2n) is 6.82. The van der Waals surface area contributed by atoms with Crippen molar-refractivity contribution in [2.75, 3.05) is 25.9 Å². The van der Waals surface area contributed by atoms with Gasteiger partial charge in [0.05, 0.1) is 10.6 Å². The first-order valence-corrected chi connectivity index (χ1v) is 11.5. The van der Waals surface area contributed by atoms with Gasteiger partial charge in [-0.2, -0.15) is 0 Å². The maximum absolute atomic E-state index is 12.3. The summed E-state index contributed by atoms with van der Waals surface area (Å²) in [5.41, 5.74) is 0.